The predicted molar refractivity (Wildman–Crippen MR) is 54.6 cm³/mol. The molecule has 3 N–H and O–H groups in total. The van der Waals surface area contributed by atoms with E-state index in [1.807, 2.05) is 0 Å². The number of hydrogen-bond donors (Lipinski definition) is 2. The Morgan fingerprint density at radius 2 is 2.27 bits per heavy atom. The molecule has 0 saturated carbocycles. The van der Waals surface area contributed by atoms with Gasteiger partial charge in [-0.2, -0.15) is 0 Å². The van der Waals surface area contributed by atoms with Crippen LogP contribution in [-0.4, -0.2) is 17.4 Å². The zero-order valence-electron chi connectivity index (χ0n) is 8.10. The van der Waals surface area contributed by atoms with E-state index in [0.29, 0.717) is 17.1 Å². The smallest absolute Gasteiger partial charge is 0.172 e. The summed E-state index contributed by atoms with van der Waals surface area (Å²) in [5, 5.41) is 13.3. The number of hydrogen-bond acceptors (Lipinski definition) is 5. The van der Waals surface area contributed by atoms with Crippen molar-refractivity contribution < 1.29 is 14.4 Å². The second kappa shape index (κ2) is 3.53. The minimum Gasteiger partial charge on any atom is -0.504 e. The summed E-state index contributed by atoms with van der Waals surface area (Å²) >= 11 is 0. The molecule has 0 spiro atoms. The van der Waals surface area contributed by atoms with Crippen molar-refractivity contribution in [2.75, 3.05) is 12.8 Å². The highest BCUT2D eigenvalue weighted by Crippen LogP contribution is 2.37. The fraction of sp³-hybridized carbons (Fsp3) is 0.100. The van der Waals surface area contributed by atoms with Crippen LogP contribution in [0.4, 0.5) is 5.82 Å². The lowest BCUT2D eigenvalue weighted by Gasteiger charge is -2.05. The van der Waals surface area contributed by atoms with Gasteiger partial charge in [-0.1, -0.05) is 11.2 Å². The Labute approximate surface area is 86.1 Å². The third-order valence-electron chi connectivity index (χ3n) is 2.01. The van der Waals surface area contributed by atoms with Crippen LogP contribution >= 0.6 is 0 Å². The van der Waals surface area contributed by atoms with E-state index in [0.717, 1.165) is 0 Å². The van der Waals surface area contributed by atoms with Crippen molar-refractivity contribution in [3.05, 3.63) is 24.3 Å². The molecule has 1 aromatic carbocycles. The van der Waals surface area contributed by atoms with Crippen LogP contribution in [0, 0.1) is 0 Å². The molecule has 0 atom stereocenters. The standard InChI is InChI=1S/C10H10N2O3/c1-14-7-4-2-3-6(10(7)13)8-5-9(11)12-15-8/h2-5,13H,1H3,(H2,11,12). The quantitative estimate of drug-likeness (QED) is 0.780. The number of aromatic nitrogens is 1. The van der Waals surface area contributed by atoms with Crippen LogP contribution < -0.4 is 10.5 Å². The van der Waals surface area contributed by atoms with Crippen molar-refractivity contribution >= 4 is 5.82 Å². The Bertz CT molecular complexity index is 479. The van der Waals surface area contributed by atoms with Crippen LogP contribution in [0.3, 0.4) is 0 Å². The van der Waals surface area contributed by atoms with E-state index < -0.39 is 0 Å². The third kappa shape index (κ3) is 1.59. The molecule has 0 fully saturated rings. The Morgan fingerprint density at radius 1 is 1.47 bits per heavy atom. The second-order valence-corrected chi connectivity index (χ2v) is 2.97. The third-order valence-corrected chi connectivity index (χ3v) is 2.01. The minimum atomic E-state index is 0.0103. The molecule has 1 heterocycles. The zero-order valence-corrected chi connectivity index (χ0v) is 8.10. The Hall–Kier alpha value is -2.17. The molecule has 0 saturated heterocycles. The van der Waals surface area contributed by atoms with Crippen LogP contribution in [-0.2, 0) is 0 Å². The van der Waals surface area contributed by atoms with E-state index in [-0.39, 0.29) is 11.6 Å². The van der Waals surface area contributed by atoms with Gasteiger partial charge in [0.15, 0.2) is 23.1 Å². The molecule has 5 heteroatoms. The average Bonchev–Trinajstić information content (AvgIpc) is 2.65. The van der Waals surface area contributed by atoms with Gasteiger partial charge in [0.25, 0.3) is 0 Å². The predicted octanol–water partition coefficient (Wildman–Crippen LogP) is 1.64. The Morgan fingerprint density at radius 3 is 2.87 bits per heavy atom. The number of phenols is 1. The summed E-state index contributed by atoms with van der Waals surface area (Å²) in [7, 11) is 1.48. The first-order valence-corrected chi connectivity index (χ1v) is 4.31. The molecule has 2 aromatic rings. The van der Waals surface area contributed by atoms with Gasteiger partial charge in [0.1, 0.15) is 0 Å². The molecule has 78 valence electrons. The molecule has 2 rings (SSSR count). The highest BCUT2D eigenvalue weighted by molar-refractivity contribution is 5.70. The van der Waals surface area contributed by atoms with Crippen molar-refractivity contribution in [1.29, 1.82) is 0 Å². The van der Waals surface area contributed by atoms with Crippen molar-refractivity contribution in [2.45, 2.75) is 0 Å². The van der Waals surface area contributed by atoms with E-state index in [4.69, 9.17) is 15.0 Å². The number of nitrogens with two attached hydrogens (primary N) is 1. The minimum absolute atomic E-state index is 0.0103. The summed E-state index contributed by atoms with van der Waals surface area (Å²) in [5.41, 5.74) is 5.92. The van der Waals surface area contributed by atoms with E-state index in [9.17, 15) is 5.11 Å². The molecular formula is C10H10N2O3. The molecular weight excluding hydrogens is 196 g/mol. The molecule has 5 nitrogen and oxygen atoms in total. The van der Waals surface area contributed by atoms with E-state index in [1.165, 1.54) is 13.2 Å². The summed E-state index contributed by atoms with van der Waals surface area (Å²) < 4.78 is 9.91. The number of nitrogen functional groups attached to an aromatic ring is 1. The van der Waals surface area contributed by atoms with Gasteiger partial charge in [-0.25, -0.2) is 0 Å². The fourth-order valence-corrected chi connectivity index (χ4v) is 1.30. The first-order chi connectivity index (χ1) is 7.22. The van der Waals surface area contributed by atoms with Crippen molar-refractivity contribution in [1.82, 2.24) is 5.16 Å². The maximum atomic E-state index is 9.80. The van der Waals surface area contributed by atoms with E-state index >= 15 is 0 Å². The summed E-state index contributed by atoms with van der Waals surface area (Å²) in [5.74, 6) is 1.06. The molecule has 0 bridgehead atoms. The van der Waals surface area contributed by atoms with Crippen LogP contribution in [0.5, 0.6) is 11.5 Å². The first-order valence-electron chi connectivity index (χ1n) is 4.31. The number of anilines is 1. The van der Waals surface area contributed by atoms with Crippen molar-refractivity contribution in [3.63, 3.8) is 0 Å². The monoisotopic (exact) mass is 206 g/mol. The lowest BCUT2D eigenvalue weighted by molar-refractivity contribution is 0.372. The number of benzene rings is 1. The van der Waals surface area contributed by atoms with Crippen LogP contribution in [0.2, 0.25) is 0 Å². The molecule has 0 aliphatic rings. The summed E-state index contributed by atoms with van der Waals surface area (Å²) in [6.07, 6.45) is 0. The van der Waals surface area contributed by atoms with Crippen LogP contribution in [0.1, 0.15) is 0 Å². The maximum absolute atomic E-state index is 9.80. The molecule has 0 unspecified atom stereocenters. The molecule has 0 amide bonds. The highest BCUT2D eigenvalue weighted by atomic mass is 16.5. The van der Waals surface area contributed by atoms with Crippen molar-refractivity contribution in [2.24, 2.45) is 0 Å². The molecule has 0 radical (unpaired) electrons. The SMILES string of the molecule is COc1cccc(-c2cc(N)no2)c1O. The fourth-order valence-electron chi connectivity index (χ4n) is 1.30. The number of ether oxygens (including phenoxy) is 1. The lowest BCUT2D eigenvalue weighted by atomic mass is 10.1. The summed E-state index contributed by atoms with van der Waals surface area (Å²) in [6, 6.07) is 6.62. The molecule has 15 heavy (non-hydrogen) atoms. The van der Waals surface area contributed by atoms with Gasteiger partial charge < -0.3 is 20.1 Å². The van der Waals surface area contributed by atoms with Crippen LogP contribution in [0.25, 0.3) is 11.3 Å². The largest absolute Gasteiger partial charge is 0.504 e. The molecule has 0 aliphatic carbocycles. The van der Waals surface area contributed by atoms with E-state index in [2.05, 4.69) is 5.16 Å². The number of aromatic hydroxyl groups is 1. The average molecular weight is 206 g/mol. The number of rotatable bonds is 2. The highest BCUT2D eigenvalue weighted by Gasteiger charge is 2.13. The number of methoxy groups -OCH3 is 1. The van der Waals surface area contributed by atoms with Gasteiger partial charge in [-0.05, 0) is 12.1 Å². The van der Waals surface area contributed by atoms with Crippen molar-refractivity contribution in [3.8, 4) is 22.8 Å². The zero-order chi connectivity index (χ0) is 10.8. The van der Waals surface area contributed by atoms with Gasteiger partial charge >= 0.3 is 0 Å². The number of nitrogens with zero attached hydrogens (tertiary/aromatic N) is 1. The van der Waals surface area contributed by atoms with Gasteiger partial charge in [-0.3, -0.25) is 0 Å². The van der Waals surface area contributed by atoms with Crippen LogP contribution in [0.15, 0.2) is 28.8 Å². The second-order valence-electron chi connectivity index (χ2n) is 2.97. The summed E-state index contributed by atoms with van der Waals surface area (Å²) in [4.78, 5) is 0. The Kier molecular flexibility index (Phi) is 2.21. The number of phenolic OH excluding ortho intramolecular Hbond substituents is 1. The Balaban J connectivity index is 2.53. The van der Waals surface area contributed by atoms with Gasteiger partial charge in [0.05, 0.1) is 12.7 Å². The van der Waals surface area contributed by atoms with Gasteiger partial charge in [0, 0.05) is 6.07 Å². The number of para-hydroxylation sites is 1. The van der Waals surface area contributed by atoms with E-state index in [1.54, 1.807) is 18.2 Å². The lowest BCUT2D eigenvalue weighted by Crippen LogP contribution is -1.85. The topological polar surface area (TPSA) is 81.5 Å². The maximum Gasteiger partial charge on any atom is 0.172 e. The summed E-state index contributed by atoms with van der Waals surface area (Å²) in [6.45, 7) is 0. The first kappa shape index (κ1) is 9.39. The molecule has 1 aromatic heterocycles. The normalized spacial score (nSPS) is 10.2. The van der Waals surface area contributed by atoms with Gasteiger partial charge in [0.2, 0.25) is 0 Å². The molecule has 0 aliphatic heterocycles. The van der Waals surface area contributed by atoms with Gasteiger partial charge in [-0.15, -0.1) is 0 Å².